The number of anilines is 6. The predicted molar refractivity (Wildman–Crippen MR) is 147 cm³/mol. The first-order valence-electron chi connectivity index (χ1n) is 12.1. The molecule has 0 saturated heterocycles. The Morgan fingerprint density at radius 1 is 0.417 bits per heavy atom. The lowest BCUT2D eigenvalue weighted by atomic mass is 9.99. The summed E-state index contributed by atoms with van der Waals surface area (Å²) in [6.07, 6.45) is 3.56. The van der Waals surface area contributed by atoms with Gasteiger partial charge in [-0.25, -0.2) is 0 Å². The van der Waals surface area contributed by atoms with E-state index in [1.54, 1.807) is 12.4 Å². The van der Waals surface area contributed by atoms with Crippen LogP contribution in [0.1, 0.15) is 0 Å². The summed E-state index contributed by atoms with van der Waals surface area (Å²) in [6.45, 7) is 0. The number of nitrogens with zero attached hydrogens (tertiary/aromatic N) is 4. The largest absolute Gasteiger partial charge is 0.306 e. The Morgan fingerprint density at radius 2 is 0.972 bits per heavy atom. The van der Waals surface area contributed by atoms with Crippen LogP contribution in [-0.2, 0) is 0 Å². The first-order chi connectivity index (χ1) is 17.9. The van der Waals surface area contributed by atoms with E-state index in [-0.39, 0.29) is 0 Å². The van der Waals surface area contributed by atoms with Gasteiger partial charge in [-0.3, -0.25) is 9.97 Å². The van der Waals surface area contributed by atoms with Crippen molar-refractivity contribution < 1.29 is 0 Å². The van der Waals surface area contributed by atoms with Gasteiger partial charge in [0.15, 0.2) is 0 Å². The first-order valence-corrected chi connectivity index (χ1v) is 12.1. The quantitative estimate of drug-likeness (QED) is 0.259. The van der Waals surface area contributed by atoms with E-state index in [9.17, 15) is 0 Å². The molecule has 2 heterocycles. The summed E-state index contributed by atoms with van der Waals surface area (Å²) < 4.78 is 0. The molecule has 0 spiro atoms. The van der Waals surface area contributed by atoms with Crippen molar-refractivity contribution in [3.05, 3.63) is 122 Å². The van der Waals surface area contributed by atoms with Gasteiger partial charge in [0.05, 0.1) is 39.8 Å². The lowest BCUT2D eigenvalue weighted by molar-refractivity contribution is 1.17. The molecular weight excluding hydrogens is 440 g/mol. The van der Waals surface area contributed by atoms with Crippen molar-refractivity contribution in [3.8, 4) is 22.5 Å². The highest BCUT2D eigenvalue weighted by Gasteiger charge is 2.32. The minimum absolute atomic E-state index is 0.963. The number of rotatable bonds is 2. The number of fused-ring (bicyclic) bond motifs is 5. The first kappa shape index (κ1) is 19.4. The van der Waals surface area contributed by atoms with Gasteiger partial charge in [0.1, 0.15) is 0 Å². The molecule has 0 unspecified atom stereocenters. The van der Waals surface area contributed by atoms with Gasteiger partial charge in [-0.1, -0.05) is 60.7 Å². The fraction of sp³-hybridized carbons (Fsp3) is 0. The third-order valence-electron chi connectivity index (χ3n) is 7.21. The van der Waals surface area contributed by atoms with Crippen molar-refractivity contribution in [2.75, 3.05) is 9.80 Å². The maximum Gasteiger partial charge on any atom is 0.0971 e. The van der Waals surface area contributed by atoms with Gasteiger partial charge in [0.25, 0.3) is 0 Å². The lowest BCUT2D eigenvalue weighted by Crippen LogP contribution is -2.24. The highest BCUT2D eigenvalue weighted by molar-refractivity contribution is 6.18. The second kappa shape index (κ2) is 7.27. The maximum atomic E-state index is 4.67. The molecule has 0 N–H and O–H groups in total. The van der Waals surface area contributed by atoms with Crippen molar-refractivity contribution >= 4 is 44.9 Å². The van der Waals surface area contributed by atoms with Crippen LogP contribution in [0.15, 0.2) is 122 Å². The molecule has 8 rings (SSSR count). The Bertz CT molecular complexity index is 1730. The summed E-state index contributed by atoms with van der Waals surface area (Å²) in [4.78, 5) is 14.1. The highest BCUT2D eigenvalue weighted by atomic mass is 15.3. The fourth-order valence-electron chi connectivity index (χ4n) is 5.77. The van der Waals surface area contributed by atoms with E-state index < -0.39 is 0 Å². The molecule has 0 radical (unpaired) electrons. The zero-order chi connectivity index (χ0) is 23.6. The molecule has 36 heavy (non-hydrogen) atoms. The average molecular weight is 461 g/mol. The molecule has 1 aliphatic heterocycles. The molecule has 0 fully saturated rings. The van der Waals surface area contributed by atoms with Crippen LogP contribution in [0.3, 0.4) is 0 Å². The standard InChI is InChI=1S/C32H20N4/c1-2-9-21(10-3-1)35-26-13-4-6-15-28(26)36(29-16-7-5-14-27(29)35)25-18-17-24-30-22(25)11-8-12-23(30)31-32(24)34-20-19-33-31/h1-20H. The predicted octanol–water partition coefficient (Wildman–Crippen LogP) is 8.53. The molecule has 0 saturated carbocycles. The van der Waals surface area contributed by atoms with Crippen molar-refractivity contribution in [1.29, 1.82) is 0 Å². The average Bonchev–Trinajstić information content (AvgIpc) is 3.28. The Hall–Kier alpha value is -4.96. The third kappa shape index (κ3) is 2.53. The summed E-state index contributed by atoms with van der Waals surface area (Å²) >= 11 is 0. The zero-order valence-corrected chi connectivity index (χ0v) is 19.3. The van der Waals surface area contributed by atoms with E-state index in [0.29, 0.717) is 0 Å². The Labute approximate surface area is 208 Å². The van der Waals surface area contributed by atoms with E-state index in [0.717, 1.165) is 56.6 Å². The smallest absolute Gasteiger partial charge is 0.0971 e. The summed E-state index contributed by atoms with van der Waals surface area (Å²) in [6, 6.07) is 38.8. The summed E-state index contributed by atoms with van der Waals surface area (Å²) in [5.41, 5.74) is 11.1. The second-order valence-corrected chi connectivity index (χ2v) is 9.10. The van der Waals surface area contributed by atoms with Gasteiger partial charge in [-0.15, -0.1) is 0 Å². The molecule has 2 aliphatic rings. The SMILES string of the molecule is c1ccc(N2c3ccccc3N(c3ccc4c5c(cccc35)-c3nccnc3-4)c3ccccc32)cc1. The van der Waals surface area contributed by atoms with Gasteiger partial charge in [-0.2, -0.15) is 0 Å². The van der Waals surface area contributed by atoms with Crippen molar-refractivity contribution in [1.82, 2.24) is 9.97 Å². The molecule has 5 aromatic carbocycles. The van der Waals surface area contributed by atoms with E-state index in [1.807, 2.05) is 0 Å². The van der Waals surface area contributed by atoms with E-state index in [1.165, 1.54) is 10.8 Å². The normalized spacial score (nSPS) is 12.9. The van der Waals surface area contributed by atoms with Crippen molar-refractivity contribution in [2.45, 2.75) is 0 Å². The lowest BCUT2D eigenvalue weighted by Gasteiger charge is -2.40. The zero-order valence-electron chi connectivity index (χ0n) is 19.3. The van der Waals surface area contributed by atoms with Gasteiger partial charge < -0.3 is 9.80 Å². The Balaban J connectivity index is 1.43. The number of hydrogen-bond donors (Lipinski definition) is 0. The van der Waals surface area contributed by atoms with Crippen LogP contribution in [0.5, 0.6) is 0 Å². The van der Waals surface area contributed by atoms with Crippen LogP contribution in [0, 0.1) is 0 Å². The monoisotopic (exact) mass is 460 g/mol. The van der Waals surface area contributed by atoms with Gasteiger partial charge in [-0.05, 0) is 48.5 Å². The minimum Gasteiger partial charge on any atom is -0.306 e. The molecule has 0 atom stereocenters. The van der Waals surface area contributed by atoms with E-state index in [2.05, 4.69) is 129 Å². The fourth-order valence-corrected chi connectivity index (χ4v) is 5.77. The van der Waals surface area contributed by atoms with Crippen LogP contribution >= 0.6 is 0 Å². The third-order valence-corrected chi connectivity index (χ3v) is 7.21. The van der Waals surface area contributed by atoms with Crippen LogP contribution < -0.4 is 9.80 Å². The number of hydrogen-bond acceptors (Lipinski definition) is 4. The number of benzene rings is 5. The van der Waals surface area contributed by atoms with Gasteiger partial charge in [0, 0.05) is 40.0 Å². The summed E-state index contributed by atoms with van der Waals surface area (Å²) in [5, 5.41) is 2.42. The molecule has 1 aliphatic carbocycles. The summed E-state index contributed by atoms with van der Waals surface area (Å²) in [5.74, 6) is 0. The second-order valence-electron chi connectivity index (χ2n) is 9.10. The van der Waals surface area contributed by atoms with Crippen LogP contribution in [0.4, 0.5) is 34.1 Å². The van der Waals surface area contributed by atoms with Gasteiger partial charge >= 0.3 is 0 Å². The molecule has 0 amide bonds. The number of aromatic nitrogens is 2. The van der Waals surface area contributed by atoms with Gasteiger partial charge in [0.2, 0.25) is 0 Å². The molecule has 4 nitrogen and oxygen atoms in total. The number of para-hydroxylation sites is 5. The Morgan fingerprint density at radius 3 is 1.61 bits per heavy atom. The molecular formula is C32H20N4. The van der Waals surface area contributed by atoms with E-state index in [4.69, 9.17) is 0 Å². The summed E-state index contributed by atoms with van der Waals surface area (Å²) in [7, 11) is 0. The van der Waals surface area contributed by atoms with Crippen molar-refractivity contribution in [2.24, 2.45) is 0 Å². The van der Waals surface area contributed by atoms with Crippen LogP contribution in [0.2, 0.25) is 0 Å². The van der Waals surface area contributed by atoms with Crippen molar-refractivity contribution in [3.63, 3.8) is 0 Å². The topological polar surface area (TPSA) is 32.3 Å². The van der Waals surface area contributed by atoms with Crippen LogP contribution in [-0.4, -0.2) is 9.97 Å². The maximum absolute atomic E-state index is 4.67. The molecule has 4 heteroatoms. The molecule has 6 aromatic rings. The molecule has 168 valence electrons. The van der Waals surface area contributed by atoms with E-state index >= 15 is 0 Å². The van der Waals surface area contributed by atoms with Crippen LogP contribution in [0.25, 0.3) is 33.3 Å². The highest BCUT2D eigenvalue weighted by Crippen LogP contribution is 2.56. The molecule has 0 bridgehead atoms. The molecule has 1 aromatic heterocycles. The Kier molecular flexibility index (Phi) is 3.91. The minimum atomic E-state index is 0.963.